The molecule has 0 aliphatic rings. The SMILES string of the molecule is CC(C)COc1cccc(C(=O)NC(=S)Nc2cccc(-c3cc4ccccc4oc3=O)c2)c1. The minimum Gasteiger partial charge on any atom is -0.493 e. The van der Waals surface area contributed by atoms with Crippen LogP contribution >= 0.6 is 12.2 Å². The van der Waals surface area contributed by atoms with E-state index in [1.54, 1.807) is 48.5 Å². The van der Waals surface area contributed by atoms with E-state index >= 15 is 0 Å². The van der Waals surface area contributed by atoms with E-state index in [0.29, 0.717) is 46.2 Å². The highest BCUT2D eigenvalue weighted by molar-refractivity contribution is 7.80. The molecule has 1 aromatic heterocycles. The van der Waals surface area contributed by atoms with Crippen LogP contribution < -0.4 is 21.0 Å². The predicted octanol–water partition coefficient (Wildman–Crippen LogP) is 5.62. The maximum Gasteiger partial charge on any atom is 0.344 e. The summed E-state index contributed by atoms with van der Waals surface area (Å²) in [5.41, 5.74) is 2.29. The van der Waals surface area contributed by atoms with Gasteiger partial charge >= 0.3 is 5.63 Å². The summed E-state index contributed by atoms with van der Waals surface area (Å²) in [5.74, 6) is 0.659. The van der Waals surface area contributed by atoms with Crippen LogP contribution in [-0.2, 0) is 0 Å². The molecule has 0 fully saturated rings. The fourth-order valence-electron chi connectivity index (χ4n) is 3.36. The van der Waals surface area contributed by atoms with Crippen molar-refractivity contribution in [3.05, 3.63) is 94.8 Å². The van der Waals surface area contributed by atoms with Crippen molar-refractivity contribution in [3.8, 4) is 16.9 Å². The summed E-state index contributed by atoms with van der Waals surface area (Å²) in [4.78, 5) is 25.1. The topological polar surface area (TPSA) is 80.6 Å². The Morgan fingerprint density at radius 3 is 2.62 bits per heavy atom. The molecular weight excluding hydrogens is 448 g/mol. The van der Waals surface area contributed by atoms with E-state index in [1.807, 2.05) is 30.3 Å². The molecule has 0 atom stereocenters. The molecule has 0 saturated heterocycles. The first-order chi connectivity index (χ1) is 16.4. The van der Waals surface area contributed by atoms with Crippen molar-refractivity contribution in [1.29, 1.82) is 0 Å². The van der Waals surface area contributed by atoms with Gasteiger partial charge in [0, 0.05) is 16.6 Å². The summed E-state index contributed by atoms with van der Waals surface area (Å²) in [6.07, 6.45) is 0. The number of ether oxygens (including phenoxy) is 1. The summed E-state index contributed by atoms with van der Waals surface area (Å²) in [5, 5.41) is 6.65. The monoisotopic (exact) mass is 472 g/mol. The Hall–Kier alpha value is -3.97. The molecule has 6 nitrogen and oxygen atoms in total. The highest BCUT2D eigenvalue weighted by Gasteiger charge is 2.11. The molecule has 172 valence electrons. The lowest BCUT2D eigenvalue weighted by atomic mass is 10.1. The van der Waals surface area contributed by atoms with Gasteiger partial charge in [-0.15, -0.1) is 0 Å². The number of nitrogens with one attached hydrogen (secondary N) is 2. The van der Waals surface area contributed by atoms with Crippen LogP contribution in [0.15, 0.2) is 88.1 Å². The number of fused-ring (bicyclic) bond motifs is 1. The van der Waals surface area contributed by atoms with Gasteiger partial charge in [-0.25, -0.2) is 4.79 Å². The number of benzene rings is 3. The Kier molecular flexibility index (Phi) is 7.04. The second-order valence-electron chi connectivity index (χ2n) is 8.21. The normalized spacial score (nSPS) is 10.8. The van der Waals surface area contributed by atoms with Crippen molar-refractivity contribution in [1.82, 2.24) is 5.32 Å². The lowest BCUT2D eigenvalue weighted by Gasteiger charge is -2.12. The molecule has 7 heteroatoms. The zero-order valence-electron chi connectivity index (χ0n) is 18.8. The van der Waals surface area contributed by atoms with Crippen LogP contribution in [0.1, 0.15) is 24.2 Å². The van der Waals surface area contributed by atoms with E-state index in [9.17, 15) is 9.59 Å². The molecule has 4 aromatic rings. The summed E-state index contributed by atoms with van der Waals surface area (Å²) < 4.78 is 11.1. The number of hydrogen-bond acceptors (Lipinski definition) is 5. The van der Waals surface area contributed by atoms with Gasteiger partial charge in [0.1, 0.15) is 11.3 Å². The largest absolute Gasteiger partial charge is 0.493 e. The predicted molar refractivity (Wildman–Crippen MR) is 138 cm³/mol. The first kappa shape index (κ1) is 23.2. The Morgan fingerprint density at radius 2 is 1.79 bits per heavy atom. The van der Waals surface area contributed by atoms with E-state index in [4.69, 9.17) is 21.4 Å². The van der Waals surface area contributed by atoms with Gasteiger partial charge in [0.2, 0.25) is 0 Å². The smallest absolute Gasteiger partial charge is 0.344 e. The summed E-state index contributed by atoms with van der Waals surface area (Å²) in [6, 6.07) is 23.3. The highest BCUT2D eigenvalue weighted by Crippen LogP contribution is 2.23. The molecule has 1 heterocycles. The second-order valence-corrected chi connectivity index (χ2v) is 8.62. The van der Waals surface area contributed by atoms with Crippen LogP contribution in [0.2, 0.25) is 0 Å². The Labute approximate surface area is 202 Å². The number of thiocarbonyl (C=S) groups is 1. The third-order valence-corrected chi connectivity index (χ3v) is 5.18. The molecule has 0 spiro atoms. The Bertz CT molecular complexity index is 1410. The first-order valence-corrected chi connectivity index (χ1v) is 11.3. The Balaban J connectivity index is 1.46. The molecule has 0 unspecified atom stereocenters. The minimum absolute atomic E-state index is 0.140. The van der Waals surface area contributed by atoms with E-state index < -0.39 is 5.63 Å². The zero-order chi connectivity index (χ0) is 24.1. The number of carbonyl (C=O) groups excluding carboxylic acids is 1. The van der Waals surface area contributed by atoms with Crippen molar-refractivity contribution in [3.63, 3.8) is 0 Å². The van der Waals surface area contributed by atoms with Gasteiger partial charge in [0.05, 0.1) is 12.2 Å². The average molecular weight is 473 g/mol. The summed E-state index contributed by atoms with van der Waals surface area (Å²) in [7, 11) is 0. The number of carbonyl (C=O) groups is 1. The van der Waals surface area contributed by atoms with Crippen molar-refractivity contribution < 1.29 is 13.9 Å². The molecule has 1 amide bonds. The van der Waals surface area contributed by atoms with Crippen LogP contribution in [0.25, 0.3) is 22.1 Å². The number of para-hydroxylation sites is 1. The van der Waals surface area contributed by atoms with Gasteiger partial charge in [-0.3, -0.25) is 10.1 Å². The number of anilines is 1. The van der Waals surface area contributed by atoms with Gasteiger partial charge < -0.3 is 14.5 Å². The van der Waals surface area contributed by atoms with Gasteiger partial charge in [-0.1, -0.05) is 50.2 Å². The van der Waals surface area contributed by atoms with Gasteiger partial charge in [0.15, 0.2) is 5.11 Å². The fourth-order valence-corrected chi connectivity index (χ4v) is 3.57. The van der Waals surface area contributed by atoms with E-state index in [0.717, 1.165) is 5.39 Å². The fraction of sp³-hybridized carbons (Fsp3) is 0.148. The highest BCUT2D eigenvalue weighted by atomic mass is 32.1. The molecule has 34 heavy (non-hydrogen) atoms. The molecule has 0 aliphatic heterocycles. The minimum atomic E-state index is -0.425. The average Bonchev–Trinajstić information content (AvgIpc) is 2.82. The lowest BCUT2D eigenvalue weighted by Crippen LogP contribution is -2.34. The molecule has 2 N–H and O–H groups in total. The van der Waals surface area contributed by atoms with Crippen molar-refractivity contribution in [2.24, 2.45) is 5.92 Å². The number of rotatable bonds is 6. The summed E-state index contributed by atoms with van der Waals surface area (Å²) in [6.45, 7) is 4.68. The quantitative estimate of drug-likeness (QED) is 0.280. The summed E-state index contributed by atoms with van der Waals surface area (Å²) >= 11 is 5.32. The maximum absolute atomic E-state index is 12.6. The van der Waals surface area contributed by atoms with Crippen molar-refractivity contribution in [2.45, 2.75) is 13.8 Å². The first-order valence-electron chi connectivity index (χ1n) is 10.9. The third kappa shape index (κ3) is 5.68. The van der Waals surface area contributed by atoms with Crippen LogP contribution in [0.5, 0.6) is 5.75 Å². The van der Waals surface area contributed by atoms with Gasteiger partial charge in [-0.2, -0.15) is 0 Å². The molecule has 0 aliphatic carbocycles. The van der Waals surface area contributed by atoms with Crippen LogP contribution in [0.4, 0.5) is 5.69 Å². The molecular formula is C27H24N2O4S. The van der Waals surface area contributed by atoms with Gasteiger partial charge in [-0.05, 0) is 66.2 Å². The van der Waals surface area contributed by atoms with Crippen molar-refractivity contribution >= 4 is 39.9 Å². The maximum atomic E-state index is 12.6. The lowest BCUT2D eigenvalue weighted by molar-refractivity contribution is 0.0977. The van der Waals surface area contributed by atoms with E-state index in [2.05, 4.69) is 24.5 Å². The number of hydrogen-bond donors (Lipinski definition) is 2. The second kappa shape index (κ2) is 10.3. The van der Waals surface area contributed by atoms with Crippen LogP contribution in [0.3, 0.4) is 0 Å². The molecule has 0 saturated carbocycles. The van der Waals surface area contributed by atoms with Gasteiger partial charge in [0.25, 0.3) is 5.91 Å². The van der Waals surface area contributed by atoms with E-state index in [-0.39, 0.29) is 11.0 Å². The molecule has 4 rings (SSSR count). The molecule has 0 radical (unpaired) electrons. The van der Waals surface area contributed by atoms with E-state index in [1.165, 1.54) is 0 Å². The third-order valence-electron chi connectivity index (χ3n) is 4.98. The standard InChI is InChI=1S/C27H24N2O4S/c1-17(2)16-32-22-11-6-9-20(14-22)25(30)29-27(34)28-21-10-5-8-18(13-21)23-15-19-7-3-4-12-24(19)33-26(23)31/h3-15,17H,16H2,1-2H3,(H2,28,29,30,34). The zero-order valence-corrected chi connectivity index (χ0v) is 19.6. The van der Waals surface area contributed by atoms with Crippen LogP contribution in [-0.4, -0.2) is 17.6 Å². The van der Waals surface area contributed by atoms with Crippen LogP contribution in [0, 0.1) is 5.92 Å². The Morgan fingerprint density at radius 1 is 1.00 bits per heavy atom. The molecule has 3 aromatic carbocycles. The number of amides is 1. The molecule has 0 bridgehead atoms. The van der Waals surface area contributed by atoms with Crippen molar-refractivity contribution in [2.75, 3.05) is 11.9 Å².